The van der Waals surface area contributed by atoms with Crippen LogP contribution in [0, 0.1) is 0 Å². The van der Waals surface area contributed by atoms with Gasteiger partial charge < -0.3 is 14.8 Å². The van der Waals surface area contributed by atoms with Crippen LogP contribution < -0.4 is 10.9 Å². The molecule has 0 fully saturated rings. The Balaban J connectivity index is 1.61. The first kappa shape index (κ1) is 17.7. The lowest BCUT2D eigenvalue weighted by Gasteiger charge is -2.11. The average Bonchev–Trinajstić information content (AvgIpc) is 3.18. The molecule has 0 unspecified atom stereocenters. The number of aromatic amines is 1. The minimum absolute atomic E-state index is 0.163. The highest BCUT2D eigenvalue weighted by atomic mass is 16.5. The molecule has 6 nitrogen and oxygen atoms in total. The number of hydrogen-bond donors (Lipinski definition) is 2. The number of rotatable bonds is 4. The van der Waals surface area contributed by atoms with Crippen molar-refractivity contribution in [1.29, 1.82) is 0 Å². The second-order valence-corrected chi connectivity index (χ2v) is 6.90. The van der Waals surface area contributed by atoms with E-state index in [1.165, 1.54) is 0 Å². The fraction of sp³-hybridized carbons (Fsp3) is 0.136. The van der Waals surface area contributed by atoms with Gasteiger partial charge in [0.05, 0.1) is 5.52 Å². The van der Waals surface area contributed by atoms with Crippen molar-refractivity contribution in [1.82, 2.24) is 10.1 Å². The number of aromatic nitrogens is 2. The molecule has 2 heterocycles. The van der Waals surface area contributed by atoms with Crippen molar-refractivity contribution in [2.45, 2.75) is 19.8 Å². The Bertz CT molecular complexity index is 1210. The van der Waals surface area contributed by atoms with Gasteiger partial charge in [0.2, 0.25) is 5.56 Å². The monoisotopic (exact) mass is 373 g/mol. The summed E-state index contributed by atoms with van der Waals surface area (Å²) in [6, 6.07) is 18.1. The number of carbonyl (C=O) groups is 1. The van der Waals surface area contributed by atoms with E-state index in [9.17, 15) is 9.59 Å². The highest BCUT2D eigenvalue weighted by molar-refractivity contribution is 6.04. The molecule has 2 N–H and O–H groups in total. The number of hydrogen-bond acceptors (Lipinski definition) is 4. The van der Waals surface area contributed by atoms with Crippen LogP contribution in [0.3, 0.4) is 0 Å². The number of H-pyrrole nitrogens is 1. The van der Waals surface area contributed by atoms with Crippen LogP contribution in [0.25, 0.3) is 22.2 Å². The molecule has 0 spiro atoms. The van der Waals surface area contributed by atoms with Crippen LogP contribution in [0.5, 0.6) is 0 Å². The van der Waals surface area contributed by atoms with Crippen LogP contribution in [0.15, 0.2) is 70.0 Å². The normalized spacial score (nSPS) is 11.1. The largest absolute Gasteiger partial charge is 0.355 e. The first-order valence-electron chi connectivity index (χ1n) is 9.02. The van der Waals surface area contributed by atoms with Gasteiger partial charge in [-0.25, -0.2) is 0 Å². The molecule has 2 aromatic heterocycles. The summed E-state index contributed by atoms with van der Waals surface area (Å²) in [7, 11) is 0. The molecule has 0 aliphatic carbocycles. The molecule has 4 rings (SSSR count). The van der Waals surface area contributed by atoms with Gasteiger partial charge in [-0.1, -0.05) is 55.4 Å². The van der Waals surface area contributed by atoms with Gasteiger partial charge in [-0.3, -0.25) is 9.59 Å². The Morgan fingerprint density at radius 2 is 1.86 bits per heavy atom. The molecule has 0 atom stereocenters. The topological polar surface area (TPSA) is 88.0 Å². The van der Waals surface area contributed by atoms with Gasteiger partial charge in [-0.2, -0.15) is 0 Å². The zero-order valence-corrected chi connectivity index (χ0v) is 15.5. The van der Waals surface area contributed by atoms with Crippen LogP contribution in [0.4, 0.5) is 5.69 Å². The first-order valence-corrected chi connectivity index (χ1v) is 9.02. The predicted molar refractivity (Wildman–Crippen MR) is 109 cm³/mol. The van der Waals surface area contributed by atoms with Crippen molar-refractivity contribution in [2.24, 2.45) is 0 Å². The van der Waals surface area contributed by atoms with Gasteiger partial charge >= 0.3 is 0 Å². The van der Waals surface area contributed by atoms with Gasteiger partial charge in [0.1, 0.15) is 0 Å². The molecule has 1 amide bonds. The molecule has 0 bridgehead atoms. The quantitative estimate of drug-likeness (QED) is 0.549. The van der Waals surface area contributed by atoms with E-state index < -0.39 is 0 Å². The number of amides is 1. The highest BCUT2D eigenvalue weighted by Gasteiger charge is 2.15. The third-order valence-corrected chi connectivity index (χ3v) is 4.56. The Kier molecular flexibility index (Phi) is 4.53. The molecule has 28 heavy (non-hydrogen) atoms. The van der Waals surface area contributed by atoms with E-state index in [4.69, 9.17) is 4.52 Å². The summed E-state index contributed by atoms with van der Waals surface area (Å²) in [5, 5.41) is 7.62. The lowest BCUT2D eigenvalue weighted by Crippen LogP contribution is -2.13. The van der Waals surface area contributed by atoms with Crippen LogP contribution in [-0.4, -0.2) is 16.0 Å². The molecular formula is C22H19N3O3. The molecule has 4 aromatic rings. The van der Waals surface area contributed by atoms with E-state index >= 15 is 0 Å². The van der Waals surface area contributed by atoms with Crippen molar-refractivity contribution in [3.63, 3.8) is 0 Å². The van der Waals surface area contributed by atoms with E-state index in [1.807, 2.05) is 56.3 Å². The Morgan fingerprint density at radius 3 is 2.61 bits per heavy atom. The minimum atomic E-state index is -0.382. The number of nitrogens with one attached hydrogen (secondary N) is 2. The predicted octanol–water partition coefficient (Wildman–Crippen LogP) is 4.56. The number of fused-ring (bicyclic) bond motifs is 1. The van der Waals surface area contributed by atoms with Gasteiger partial charge in [0.25, 0.3) is 5.91 Å². The Hall–Kier alpha value is -3.67. The second-order valence-electron chi connectivity index (χ2n) is 6.90. The molecule has 6 heteroatoms. The standard InChI is InChI=1S/C22H19N3O3/c1-13(2)17-11-21(26)24-18-10-15(8-9-16(17)18)23-22(27)19-12-20(28-25-19)14-6-4-3-5-7-14/h3-13H,1-2H3,(H,23,27)(H,24,26). The zero-order valence-electron chi connectivity index (χ0n) is 15.5. The molecule has 0 aliphatic rings. The van der Waals surface area contributed by atoms with Gasteiger partial charge in [-0.05, 0) is 23.6 Å². The van der Waals surface area contributed by atoms with Crippen molar-refractivity contribution >= 4 is 22.5 Å². The molecule has 0 saturated carbocycles. The maximum atomic E-state index is 12.5. The summed E-state index contributed by atoms with van der Waals surface area (Å²) >= 11 is 0. The third kappa shape index (κ3) is 3.44. The van der Waals surface area contributed by atoms with Crippen LogP contribution in [0.2, 0.25) is 0 Å². The van der Waals surface area contributed by atoms with E-state index in [2.05, 4.69) is 15.5 Å². The molecule has 2 aromatic carbocycles. The van der Waals surface area contributed by atoms with E-state index in [0.717, 1.165) is 16.5 Å². The molecule has 0 saturated heterocycles. The fourth-order valence-electron chi connectivity index (χ4n) is 3.16. The number of anilines is 1. The van der Waals surface area contributed by atoms with E-state index in [-0.39, 0.29) is 23.1 Å². The smallest absolute Gasteiger partial charge is 0.277 e. The number of carbonyl (C=O) groups excluding carboxylic acids is 1. The maximum Gasteiger partial charge on any atom is 0.277 e. The SMILES string of the molecule is CC(C)c1cc(=O)[nH]c2cc(NC(=O)c3cc(-c4ccccc4)on3)ccc12. The van der Waals surface area contributed by atoms with E-state index in [0.29, 0.717) is 17.0 Å². The maximum absolute atomic E-state index is 12.5. The summed E-state index contributed by atoms with van der Waals surface area (Å²) in [5.74, 6) is 0.361. The molecule has 0 aliphatic heterocycles. The van der Waals surface area contributed by atoms with Crippen LogP contribution in [-0.2, 0) is 0 Å². The average molecular weight is 373 g/mol. The van der Waals surface area contributed by atoms with Crippen LogP contribution in [0.1, 0.15) is 35.8 Å². The van der Waals surface area contributed by atoms with E-state index in [1.54, 1.807) is 18.2 Å². The number of pyridine rings is 1. The summed E-state index contributed by atoms with van der Waals surface area (Å²) in [6.45, 7) is 4.08. The fourth-order valence-corrected chi connectivity index (χ4v) is 3.16. The highest BCUT2D eigenvalue weighted by Crippen LogP contribution is 2.25. The summed E-state index contributed by atoms with van der Waals surface area (Å²) in [5.41, 5.74) is 3.09. The van der Waals surface area contributed by atoms with Gasteiger partial charge in [-0.15, -0.1) is 0 Å². The number of nitrogens with zero attached hydrogens (tertiary/aromatic N) is 1. The lowest BCUT2D eigenvalue weighted by atomic mass is 9.99. The number of benzene rings is 2. The van der Waals surface area contributed by atoms with Gasteiger partial charge in [0, 0.05) is 28.8 Å². The van der Waals surface area contributed by atoms with Crippen molar-refractivity contribution in [3.05, 3.63) is 82.3 Å². The Morgan fingerprint density at radius 1 is 1.07 bits per heavy atom. The summed E-state index contributed by atoms with van der Waals surface area (Å²) in [6.07, 6.45) is 0. The lowest BCUT2D eigenvalue weighted by molar-refractivity contribution is 0.101. The Labute approximate surface area is 161 Å². The molecule has 140 valence electrons. The summed E-state index contributed by atoms with van der Waals surface area (Å²) in [4.78, 5) is 27.3. The van der Waals surface area contributed by atoms with Crippen molar-refractivity contribution in [3.8, 4) is 11.3 Å². The van der Waals surface area contributed by atoms with Gasteiger partial charge in [0.15, 0.2) is 11.5 Å². The second kappa shape index (κ2) is 7.15. The zero-order chi connectivity index (χ0) is 19.7. The molecular weight excluding hydrogens is 354 g/mol. The third-order valence-electron chi connectivity index (χ3n) is 4.56. The van der Waals surface area contributed by atoms with Crippen molar-refractivity contribution < 1.29 is 9.32 Å². The first-order chi connectivity index (χ1) is 13.5. The summed E-state index contributed by atoms with van der Waals surface area (Å²) < 4.78 is 5.28. The molecule has 0 radical (unpaired) electrons. The van der Waals surface area contributed by atoms with Crippen molar-refractivity contribution in [2.75, 3.05) is 5.32 Å². The minimum Gasteiger partial charge on any atom is -0.355 e. The van der Waals surface area contributed by atoms with Crippen LogP contribution >= 0.6 is 0 Å².